The molecule has 2 heterocycles. The van der Waals surface area contributed by atoms with Crippen molar-refractivity contribution in [3.63, 3.8) is 0 Å². The van der Waals surface area contributed by atoms with Crippen molar-refractivity contribution in [2.75, 3.05) is 13.7 Å². The van der Waals surface area contributed by atoms with E-state index >= 15 is 0 Å². The van der Waals surface area contributed by atoms with Crippen LogP contribution in [0.25, 0.3) is 0 Å². The van der Waals surface area contributed by atoms with Gasteiger partial charge in [-0.15, -0.1) is 10.2 Å². The van der Waals surface area contributed by atoms with Crippen molar-refractivity contribution in [1.29, 1.82) is 0 Å². The molecule has 0 fully saturated rings. The Balaban J connectivity index is 1.71. The van der Waals surface area contributed by atoms with E-state index in [0.717, 1.165) is 52.6 Å². The molecule has 7 heteroatoms. The number of nitrogens with one attached hydrogen (secondary N) is 1. The lowest BCUT2D eigenvalue weighted by Crippen LogP contribution is -2.21. The maximum atomic E-state index is 5.63. The van der Waals surface area contributed by atoms with E-state index in [-0.39, 0.29) is 6.04 Å². The van der Waals surface area contributed by atoms with E-state index in [4.69, 9.17) is 9.47 Å². The zero-order valence-electron chi connectivity index (χ0n) is 14.3. The molecular formula is C17H23BrN4O2. The molecule has 130 valence electrons. The number of fused-ring (bicyclic) bond motifs is 1. The third-order valence-corrected chi connectivity index (χ3v) is 4.80. The normalized spacial score (nSPS) is 14.5. The second kappa shape index (κ2) is 7.53. The van der Waals surface area contributed by atoms with Crippen molar-refractivity contribution in [3.8, 4) is 11.5 Å². The van der Waals surface area contributed by atoms with Crippen molar-refractivity contribution in [2.45, 2.75) is 45.8 Å². The highest BCUT2D eigenvalue weighted by molar-refractivity contribution is 9.10. The van der Waals surface area contributed by atoms with Gasteiger partial charge in [-0.25, -0.2) is 0 Å². The molecule has 1 atom stereocenters. The molecule has 1 aromatic heterocycles. The smallest absolute Gasteiger partial charge is 0.175 e. The fourth-order valence-corrected chi connectivity index (χ4v) is 3.62. The third-order valence-electron chi connectivity index (χ3n) is 4.22. The molecule has 6 nitrogen and oxygen atoms in total. The van der Waals surface area contributed by atoms with Gasteiger partial charge in [-0.05, 0) is 53.9 Å². The quantitative estimate of drug-likeness (QED) is 0.780. The summed E-state index contributed by atoms with van der Waals surface area (Å²) in [6.07, 6.45) is 2.19. The third kappa shape index (κ3) is 3.42. The number of aromatic nitrogens is 3. The van der Waals surface area contributed by atoms with Gasteiger partial charge in [0.1, 0.15) is 11.6 Å². The van der Waals surface area contributed by atoms with E-state index in [1.165, 1.54) is 0 Å². The first-order chi connectivity index (χ1) is 11.6. The monoisotopic (exact) mass is 394 g/mol. The van der Waals surface area contributed by atoms with E-state index in [1.54, 1.807) is 7.11 Å². The van der Waals surface area contributed by atoms with E-state index in [0.29, 0.717) is 13.2 Å². The first-order valence-corrected chi connectivity index (χ1v) is 9.07. The molecule has 0 bridgehead atoms. The van der Waals surface area contributed by atoms with Gasteiger partial charge < -0.3 is 19.4 Å². The van der Waals surface area contributed by atoms with Crippen LogP contribution in [0.4, 0.5) is 0 Å². The van der Waals surface area contributed by atoms with Crippen molar-refractivity contribution in [3.05, 3.63) is 33.8 Å². The molecule has 0 saturated heterocycles. The standard InChI is InChI=1S/C17H23BrN4O2/c1-4-24-16-13(18)8-12(9-14(16)23-3)10-19-11(2)17-21-20-15-6-5-7-22(15)17/h8-9,11,19H,4-7,10H2,1-3H3/t11-/m1/s1. The van der Waals surface area contributed by atoms with Crippen LogP contribution in [-0.2, 0) is 19.5 Å². The summed E-state index contributed by atoms with van der Waals surface area (Å²) >= 11 is 3.57. The number of hydrogen-bond acceptors (Lipinski definition) is 5. The van der Waals surface area contributed by atoms with Gasteiger partial charge in [-0.1, -0.05) is 0 Å². The van der Waals surface area contributed by atoms with Crippen molar-refractivity contribution >= 4 is 15.9 Å². The molecule has 2 aromatic rings. The lowest BCUT2D eigenvalue weighted by Gasteiger charge is -2.16. The van der Waals surface area contributed by atoms with Crippen LogP contribution in [-0.4, -0.2) is 28.5 Å². The highest BCUT2D eigenvalue weighted by Gasteiger charge is 2.21. The van der Waals surface area contributed by atoms with Crippen molar-refractivity contribution in [2.24, 2.45) is 0 Å². The summed E-state index contributed by atoms with van der Waals surface area (Å²) in [7, 11) is 1.66. The maximum Gasteiger partial charge on any atom is 0.175 e. The zero-order chi connectivity index (χ0) is 17.1. The van der Waals surface area contributed by atoms with Gasteiger partial charge in [0.2, 0.25) is 0 Å². The Hall–Kier alpha value is -1.60. The van der Waals surface area contributed by atoms with Gasteiger partial charge in [-0.3, -0.25) is 0 Å². The molecule has 0 radical (unpaired) electrons. The minimum Gasteiger partial charge on any atom is -0.493 e. The van der Waals surface area contributed by atoms with Crippen LogP contribution >= 0.6 is 15.9 Å². The molecule has 24 heavy (non-hydrogen) atoms. The van der Waals surface area contributed by atoms with Gasteiger partial charge in [0.05, 0.1) is 24.2 Å². The first-order valence-electron chi connectivity index (χ1n) is 8.28. The maximum absolute atomic E-state index is 5.63. The summed E-state index contributed by atoms with van der Waals surface area (Å²) in [6.45, 7) is 6.41. The second-order valence-corrected chi connectivity index (χ2v) is 6.73. The fraction of sp³-hybridized carbons (Fsp3) is 0.529. The second-order valence-electron chi connectivity index (χ2n) is 5.87. The molecule has 0 saturated carbocycles. The van der Waals surface area contributed by atoms with Crippen LogP contribution in [0, 0.1) is 0 Å². The molecule has 0 unspecified atom stereocenters. The number of aryl methyl sites for hydroxylation is 1. The number of ether oxygens (including phenoxy) is 2. The summed E-state index contributed by atoms with van der Waals surface area (Å²) in [6, 6.07) is 4.20. The van der Waals surface area contributed by atoms with Crippen LogP contribution in [0.2, 0.25) is 0 Å². The Bertz CT molecular complexity index is 717. The summed E-state index contributed by atoms with van der Waals surface area (Å²) < 4.78 is 14.2. The van der Waals surface area contributed by atoms with E-state index in [9.17, 15) is 0 Å². The van der Waals surface area contributed by atoms with Gasteiger partial charge in [0, 0.05) is 19.5 Å². The molecule has 1 aromatic carbocycles. The van der Waals surface area contributed by atoms with Crippen LogP contribution in [0.1, 0.15) is 43.5 Å². The molecular weight excluding hydrogens is 372 g/mol. The van der Waals surface area contributed by atoms with Crippen LogP contribution in [0.5, 0.6) is 11.5 Å². The largest absolute Gasteiger partial charge is 0.493 e. The lowest BCUT2D eigenvalue weighted by molar-refractivity contribution is 0.308. The Morgan fingerprint density at radius 1 is 1.38 bits per heavy atom. The van der Waals surface area contributed by atoms with Gasteiger partial charge in [0.25, 0.3) is 0 Å². The number of methoxy groups -OCH3 is 1. The summed E-state index contributed by atoms with van der Waals surface area (Å²) in [4.78, 5) is 0. The predicted molar refractivity (Wildman–Crippen MR) is 95.5 cm³/mol. The molecule has 0 amide bonds. The van der Waals surface area contributed by atoms with E-state index in [1.807, 2.05) is 13.0 Å². The molecule has 3 rings (SSSR count). The Labute approximate surface area is 150 Å². The van der Waals surface area contributed by atoms with Crippen LogP contribution in [0.15, 0.2) is 16.6 Å². The minimum absolute atomic E-state index is 0.140. The topological polar surface area (TPSA) is 61.2 Å². The molecule has 0 aliphatic carbocycles. The van der Waals surface area contributed by atoms with Gasteiger partial charge in [-0.2, -0.15) is 0 Å². The van der Waals surface area contributed by atoms with Crippen LogP contribution < -0.4 is 14.8 Å². The lowest BCUT2D eigenvalue weighted by atomic mass is 10.2. The Kier molecular flexibility index (Phi) is 5.40. The Morgan fingerprint density at radius 2 is 2.21 bits per heavy atom. The number of nitrogens with zero attached hydrogens (tertiary/aromatic N) is 3. The van der Waals surface area contributed by atoms with E-state index in [2.05, 4.69) is 49.0 Å². The van der Waals surface area contributed by atoms with Gasteiger partial charge >= 0.3 is 0 Å². The van der Waals surface area contributed by atoms with Crippen LogP contribution in [0.3, 0.4) is 0 Å². The predicted octanol–water partition coefficient (Wildman–Crippen LogP) is 3.24. The average molecular weight is 395 g/mol. The van der Waals surface area contributed by atoms with E-state index < -0.39 is 0 Å². The Morgan fingerprint density at radius 3 is 2.96 bits per heavy atom. The average Bonchev–Trinajstić information content (AvgIpc) is 3.18. The summed E-state index contributed by atoms with van der Waals surface area (Å²) in [5.41, 5.74) is 1.12. The molecule has 1 N–H and O–H groups in total. The van der Waals surface area contributed by atoms with Crippen molar-refractivity contribution in [1.82, 2.24) is 20.1 Å². The minimum atomic E-state index is 0.140. The molecule has 1 aliphatic rings. The first kappa shape index (κ1) is 17.2. The number of halogens is 1. The number of benzene rings is 1. The number of hydrogen-bond donors (Lipinski definition) is 1. The van der Waals surface area contributed by atoms with Crippen molar-refractivity contribution < 1.29 is 9.47 Å². The highest BCUT2D eigenvalue weighted by Crippen LogP contribution is 2.36. The fourth-order valence-electron chi connectivity index (χ4n) is 3.02. The summed E-state index contributed by atoms with van der Waals surface area (Å²) in [5.74, 6) is 3.59. The molecule has 0 spiro atoms. The SMILES string of the molecule is CCOc1c(Br)cc(CN[C@H](C)c2nnc3n2CCC3)cc1OC. The number of rotatable bonds is 7. The van der Waals surface area contributed by atoms with Gasteiger partial charge in [0.15, 0.2) is 11.5 Å². The molecule has 1 aliphatic heterocycles. The highest BCUT2D eigenvalue weighted by atomic mass is 79.9. The zero-order valence-corrected chi connectivity index (χ0v) is 15.9. The summed E-state index contributed by atoms with van der Waals surface area (Å²) in [5, 5.41) is 12.1.